The van der Waals surface area contributed by atoms with Gasteiger partial charge < -0.3 is 15.5 Å². The first-order valence-corrected chi connectivity index (χ1v) is 10.0. The minimum absolute atomic E-state index is 0.231. The standard InChI is InChI=1S/C25H24N4O2/c1-3-29(17-21-10-5-4-8-18(21)2)25(31)28-23-13-7-11-20(15-23)24(30)27-22-12-6-9-19(14-22)16-26/h4-15H,3,17H2,1-2H3,(H,27,30)(H,28,31). The van der Waals surface area contributed by atoms with E-state index in [-0.39, 0.29) is 11.9 Å². The van der Waals surface area contributed by atoms with Gasteiger partial charge in [-0.1, -0.05) is 36.4 Å². The molecular weight excluding hydrogens is 388 g/mol. The van der Waals surface area contributed by atoms with Gasteiger partial charge in [0.2, 0.25) is 0 Å². The van der Waals surface area contributed by atoms with Crippen LogP contribution in [0, 0.1) is 18.3 Å². The van der Waals surface area contributed by atoms with E-state index in [2.05, 4.69) is 10.6 Å². The zero-order valence-electron chi connectivity index (χ0n) is 17.6. The molecule has 0 bridgehead atoms. The largest absolute Gasteiger partial charge is 0.322 e. The molecule has 3 aromatic carbocycles. The summed E-state index contributed by atoms with van der Waals surface area (Å²) in [6, 6.07) is 23.2. The van der Waals surface area contributed by atoms with E-state index in [0.29, 0.717) is 35.6 Å². The van der Waals surface area contributed by atoms with E-state index < -0.39 is 0 Å². The van der Waals surface area contributed by atoms with Gasteiger partial charge in [0.1, 0.15) is 0 Å². The van der Waals surface area contributed by atoms with Gasteiger partial charge in [-0.2, -0.15) is 5.26 Å². The molecule has 0 aliphatic carbocycles. The number of aryl methyl sites for hydroxylation is 1. The van der Waals surface area contributed by atoms with Gasteiger partial charge in [-0.25, -0.2) is 4.79 Å². The first-order chi connectivity index (χ1) is 15.0. The highest BCUT2D eigenvalue weighted by atomic mass is 16.2. The summed E-state index contributed by atoms with van der Waals surface area (Å²) < 4.78 is 0. The number of benzene rings is 3. The minimum atomic E-state index is -0.321. The van der Waals surface area contributed by atoms with Gasteiger partial charge in [0.05, 0.1) is 11.6 Å². The minimum Gasteiger partial charge on any atom is -0.322 e. The Morgan fingerprint density at radius 2 is 1.65 bits per heavy atom. The van der Waals surface area contributed by atoms with Crippen molar-refractivity contribution >= 4 is 23.3 Å². The summed E-state index contributed by atoms with van der Waals surface area (Å²) >= 11 is 0. The van der Waals surface area contributed by atoms with E-state index in [4.69, 9.17) is 5.26 Å². The maximum atomic E-state index is 12.8. The Kier molecular flexibility index (Phi) is 7.02. The number of carbonyl (C=O) groups is 2. The summed E-state index contributed by atoms with van der Waals surface area (Å²) in [7, 11) is 0. The van der Waals surface area contributed by atoms with Crippen LogP contribution in [0.1, 0.15) is 34.0 Å². The normalized spacial score (nSPS) is 10.1. The molecule has 0 fully saturated rings. The van der Waals surface area contributed by atoms with Crippen LogP contribution in [0.25, 0.3) is 0 Å². The third kappa shape index (κ3) is 5.71. The molecule has 0 aliphatic rings. The zero-order valence-corrected chi connectivity index (χ0v) is 17.6. The van der Waals surface area contributed by atoms with Crippen LogP contribution in [0.5, 0.6) is 0 Å². The lowest BCUT2D eigenvalue weighted by Gasteiger charge is -2.22. The molecule has 0 atom stereocenters. The topological polar surface area (TPSA) is 85.2 Å². The first-order valence-electron chi connectivity index (χ1n) is 10.0. The lowest BCUT2D eigenvalue weighted by molar-refractivity contribution is 0.102. The molecular formula is C25H24N4O2. The van der Waals surface area contributed by atoms with Gasteiger partial charge in [0.15, 0.2) is 0 Å². The Morgan fingerprint density at radius 3 is 2.35 bits per heavy atom. The summed E-state index contributed by atoms with van der Waals surface area (Å²) in [5.41, 5.74) is 4.16. The number of nitriles is 1. The molecule has 0 saturated carbocycles. The maximum Gasteiger partial charge on any atom is 0.322 e. The monoisotopic (exact) mass is 412 g/mol. The fourth-order valence-electron chi connectivity index (χ4n) is 3.13. The molecule has 2 N–H and O–H groups in total. The number of hydrogen-bond acceptors (Lipinski definition) is 3. The highest BCUT2D eigenvalue weighted by molar-refractivity contribution is 6.05. The van der Waals surface area contributed by atoms with Crippen LogP contribution in [0.3, 0.4) is 0 Å². The molecule has 0 heterocycles. The molecule has 0 aromatic heterocycles. The molecule has 31 heavy (non-hydrogen) atoms. The van der Waals surface area contributed by atoms with Crippen LogP contribution in [0.15, 0.2) is 72.8 Å². The first kappa shape index (κ1) is 21.6. The predicted molar refractivity (Wildman–Crippen MR) is 122 cm³/mol. The van der Waals surface area contributed by atoms with Crippen molar-refractivity contribution in [1.82, 2.24) is 4.90 Å². The Hall–Kier alpha value is -4.11. The van der Waals surface area contributed by atoms with Crippen LogP contribution in [-0.4, -0.2) is 23.4 Å². The number of anilines is 2. The summed E-state index contributed by atoms with van der Waals surface area (Å²) in [5, 5.41) is 14.6. The average molecular weight is 412 g/mol. The molecule has 0 spiro atoms. The predicted octanol–water partition coefficient (Wildman–Crippen LogP) is 5.17. The summed E-state index contributed by atoms with van der Waals surface area (Å²) in [4.78, 5) is 27.1. The molecule has 0 saturated heterocycles. The van der Waals surface area contributed by atoms with E-state index in [0.717, 1.165) is 11.1 Å². The third-order valence-corrected chi connectivity index (χ3v) is 4.92. The second-order valence-electron chi connectivity index (χ2n) is 7.10. The van der Waals surface area contributed by atoms with Crippen LogP contribution in [0.2, 0.25) is 0 Å². The van der Waals surface area contributed by atoms with Crippen molar-refractivity contribution in [2.45, 2.75) is 20.4 Å². The number of carbonyl (C=O) groups excluding carboxylic acids is 2. The molecule has 6 heteroatoms. The van der Waals surface area contributed by atoms with E-state index >= 15 is 0 Å². The number of nitrogens with one attached hydrogen (secondary N) is 2. The molecule has 3 aromatic rings. The third-order valence-electron chi connectivity index (χ3n) is 4.92. The molecule has 0 radical (unpaired) electrons. The quantitative estimate of drug-likeness (QED) is 0.585. The van der Waals surface area contributed by atoms with Crippen molar-refractivity contribution in [1.29, 1.82) is 5.26 Å². The van der Waals surface area contributed by atoms with Gasteiger partial charge in [-0.05, 0) is 61.4 Å². The van der Waals surface area contributed by atoms with Gasteiger partial charge in [-0.3, -0.25) is 4.79 Å². The molecule has 0 unspecified atom stereocenters. The Labute approximate surface area is 182 Å². The summed E-state index contributed by atoms with van der Waals surface area (Å²) in [5.74, 6) is -0.321. The zero-order chi connectivity index (χ0) is 22.2. The molecule has 156 valence electrons. The highest BCUT2D eigenvalue weighted by Gasteiger charge is 2.14. The van der Waals surface area contributed by atoms with Crippen molar-refractivity contribution in [3.63, 3.8) is 0 Å². The van der Waals surface area contributed by atoms with Crippen LogP contribution >= 0.6 is 0 Å². The molecule has 6 nitrogen and oxygen atoms in total. The fraction of sp³-hybridized carbons (Fsp3) is 0.160. The van der Waals surface area contributed by atoms with Crippen molar-refractivity contribution in [2.24, 2.45) is 0 Å². The van der Waals surface area contributed by atoms with Gasteiger partial charge in [0, 0.05) is 30.0 Å². The SMILES string of the molecule is CCN(Cc1ccccc1C)C(=O)Nc1cccc(C(=O)Nc2cccc(C#N)c2)c1. The molecule has 3 rings (SSSR count). The number of urea groups is 1. The summed E-state index contributed by atoms with van der Waals surface area (Å²) in [6.07, 6.45) is 0. The number of amides is 3. The molecule has 3 amide bonds. The Balaban J connectivity index is 1.69. The number of hydrogen-bond donors (Lipinski definition) is 2. The fourth-order valence-corrected chi connectivity index (χ4v) is 3.13. The van der Waals surface area contributed by atoms with Crippen molar-refractivity contribution in [3.8, 4) is 6.07 Å². The van der Waals surface area contributed by atoms with Gasteiger partial charge >= 0.3 is 6.03 Å². The van der Waals surface area contributed by atoms with Crippen LogP contribution in [-0.2, 0) is 6.54 Å². The number of nitrogens with zero attached hydrogens (tertiary/aromatic N) is 2. The van der Waals surface area contributed by atoms with Gasteiger partial charge in [-0.15, -0.1) is 0 Å². The Bertz CT molecular complexity index is 1130. The van der Waals surface area contributed by atoms with Crippen molar-refractivity contribution in [2.75, 3.05) is 17.2 Å². The van der Waals surface area contributed by atoms with Crippen LogP contribution < -0.4 is 10.6 Å². The van der Waals surface area contributed by atoms with E-state index in [1.165, 1.54) is 0 Å². The second-order valence-corrected chi connectivity index (χ2v) is 7.10. The highest BCUT2D eigenvalue weighted by Crippen LogP contribution is 2.16. The van der Waals surface area contributed by atoms with E-state index in [9.17, 15) is 9.59 Å². The lowest BCUT2D eigenvalue weighted by Crippen LogP contribution is -2.34. The van der Waals surface area contributed by atoms with Crippen LogP contribution in [0.4, 0.5) is 16.2 Å². The molecule has 0 aliphatic heterocycles. The van der Waals surface area contributed by atoms with E-state index in [1.807, 2.05) is 44.2 Å². The van der Waals surface area contributed by atoms with E-state index in [1.54, 1.807) is 53.4 Å². The average Bonchev–Trinajstić information content (AvgIpc) is 2.78. The maximum absolute atomic E-state index is 12.8. The lowest BCUT2D eigenvalue weighted by atomic mass is 10.1. The van der Waals surface area contributed by atoms with Crippen molar-refractivity contribution in [3.05, 3.63) is 95.1 Å². The van der Waals surface area contributed by atoms with Crippen molar-refractivity contribution < 1.29 is 9.59 Å². The van der Waals surface area contributed by atoms with Gasteiger partial charge in [0.25, 0.3) is 5.91 Å². The summed E-state index contributed by atoms with van der Waals surface area (Å²) in [6.45, 7) is 5.01. The second kappa shape index (κ2) is 10.1. The smallest absolute Gasteiger partial charge is 0.322 e. The number of rotatable bonds is 6. The Morgan fingerprint density at radius 1 is 0.935 bits per heavy atom.